The van der Waals surface area contributed by atoms with Gasteiger partial charge >= 0.3 is 0 Å². The van der Waals surface area contributed by atoms with Gasteiger partial charge in [-0.25, -0.2) is 4.39 Å². The molecule has 1 spiro atoms. The summed E-state index contributed by atoms with van der Waals surface area (Å²) >= 11 is 0. The zero-order valence-electron chi connectivity index (χ0n) is 14.3. The highest BCUT2D eigenvalue weighted by Gasteiger charge is 2.68. The van der Waals surface area contributed by atoms with Crippen molar-refractivity contribution in [1.82, 2.24) is 0 Å². The van der Waals surface area contributed by atoms with Crippen molar-refractivity contribution in [1.29, 1.82) is 0 Å². The monoisotopic (exact) mass is 365 g/mol. The van der Waals surface area contributed by atoms with Gasteiger partial charge in [-0.05, 0) is 24.1 Å². The minimum Gasteiger partial charge on any atom is -0.293 e. The summed E-state index contributed by atoms with van der Waals surface area (Å²) in [6, 6.07) is 10.5. The second-order valence-electron chi connectivity index (χ2n) is 7.08. The van der Waals surface area contributed by atoms with E-state index in [1.165, 1.54) is 30.3 Å². The molecule has 4 rings (SSSR count). The van der Waals surface area contributed by atoms with Crippen molar-refractivity contribution in [3.8, 4) is 0 Å². The van der Waals surface area contributed by atoms with Crippen molar-refractivity contribution in [2.75, 3.05) is 0 Å². The zero-order valence-corrected chi connectivity index (χ0v) is 14.3. The highest BCUT2D eigenvalue weighted by Crippen LogP contribution is 2.59. The molecule has 136 valence electrons. The third kappa shape index (κ3) is 2.22. The van der Waals surface area contributed by atoms with Crippen LogP contribution in [0, 0.1) is 27.3 Å². The first-order chi connectivity index (χ1) is 12.9. The summed E-state index contributed by atoms with van der Waals surface area (Å²) in [6.07, 6.45) is 1.47. The molecule has 0 aromatic heterocycles. The van der Waals surface area contributed by atoms with Gasteiger partial charge in [-0.1, -0.05) is 42.5 Å². The SMILES string of the molecule is C=C[C@@H]1CC2(C(=O)c3ccccc3C2=O)[C@@H](c2ccc(F)cc2)[C@@H]1[N+](=O)[O-]. The number of carbonyl (C=O) groups is 2. The highest BCUT2D eigenvalue weighted by molar-refractivity contribution is 6.30. The van der Waals surface area contributed by atoms with E-state index in [4.69, 9.17) is 0 Å². The van der Waals surface area contributed by atoms with Crippen LogP contribution in [-0.2, 0) is 0 Å². The largest absolute Gasteiger partial charge is 0.293 e. The van der Waals surface area contributed by atoms with Crippen molar-refractivity contribution in [3.05, 3.63) is 93.8 Å². The van der Waals surface area contributed by atoms with Crippen LogP contribution in [0.4, 0.5) is 4.39 Å². The average molecular weight is 365 g/mol. The molecule has 6 heteroatoms. The summed E-state index contributed by atoms with van der Waals surface area (Å²) in [5.41, 5.74) is -0.558. The van der Waals surface area contributed by atoms with Gasteiger partial charge in [0.05, 0.1) is 5.92 Å². The Hall–Kier alpha value is -3.15. The number of nitro groups is 1. The number of nitrogens with zero attached hydrogens (tertiary/aromatic N) is 1. The Kier molecular flexibility index (Phi) is 3.80. The molecule has 5 nitrogen and oxygen atoms in total. The number of benzene rings is 2. The molecule has 0 unspecified atom stereocenters. The fourth-order valence-corrected chi connectivity index (χ4v) is 4.74. The molecule has 3 atom stereocenters. The third-order valence-corrected chi connectivity index (χ3v) is 5.87. The maximum Gasteiger partial charge on any atom is 0.227 e. The number of Topliss-reactive ketones (excluding diaryl/α,β-unsaturated/α-hetero) is 2. The van der Waals surface area contributed by atoms with Crippen LogP contribution in [0.25, 0.3) is 0 Å². The van der Waals surface area contributed by atoms with Gasteiger partial charge in [0, 0.05) is 22.0 Å². The molecule has 1 fully saturated rings. The first-order valence-electron chi connectivity index (χ1n) is 8.62. The van der Waals surface area contributed by atoms with Gasteiger partial charge in [-0.3, -0.25) is 19.7 Å². The number of hydrogen-bond acceptors (Lipinski definition) is 4. The number of rotatable bonds is 3. The lowest BCUT2D eigenvalue weighted by Gasteiger charge is -2.28. The van der Waals surface area contributed by atoms with E-state index < -0.39 is 45.6 Å². The van der Waals surface area contributed by atoms with E-state index in [2.05, 4.69) is 6.58 Å². The third-order valence-electron chi connectivity index (χ3n) is 5.87. The van der Waals surface area contributed by atoms with E-state index in [-0.39, 0.29) is 6.42 Å². The lowest BCUT2D eigenvalue weighted by atomic mass is 9.70. The van der Waals surface area contributed by atoms with E-state index in [0.717, 1.165) is 0 Å². The lowest BCUT2D eigenvalue weighted by Crippen LogP contribution is -2.40. The zero-order chi connectivity index (χ0) is 19.3. The number of hydrogen-bond donors (Lipinski definition) is 0. The van der Waals surface area contributed by atoms with Gasteiger partial charge in [-0.2, -0.15) is 0 Å². The molecule has 0 radical (unpaired) electrons. The topological polar surface area (TPSA) is 77.3 Å². The molecule has 1 saturated carbocycles. The lowest BCUT2D eigenvalue weighted by molar-refractivity contribution is -0.530. The minimum absolute atomic E-state index is 0.0243. The molecule has 2 aliphatic rings. The van der Waals surface area contributed by atoms with Gasteiger partial charge in [0.15, 0.2) is 11.6 Å². The molecule has 0 heterocycles. The summed E-state index contributed by atoms with van der Waals surface area (Å²) in [7, 11) is 0. The summed E-state index contributed by atoms with van der Waals surface area (Å²) in [5, 5.41) is 11.9. The summed E-state index contributed by atoms with van der Waals surface area (Å²) in [6.45, 7) is 3.68. The minimum atomic E-state index is -1.56. The van der Waals surface area contributed by atoms with Crippen LogP contribution in [0.5, 0.6) is 0 Å². The van der Waals surface area contributed by atoms with Crippen LogP contribution in [0.15, 0.2) is 61.2 Å². The first-order valence-corrected chi connectivity index (χ1v) is 8.62. The van der Waals surface area contributed by atoms with Crippen LogP contribution >= 0.6 is 0 Å². The maximum absolute atomic E-state index is 13.4. The Morgan fingerprint density at radius 2 is 1.63 bits per heavy atom. The second-order valence-corrected chi connectivity index (χ2v) is 7.08. The number of halogens is 1. The number of fused-ring (bicyclic) bond motifs is 1. The smallest absolute Gasteiger partial charge is 0.227 e. The van der Waals surface area contributed by atoms with Crippen LogP contribution in [-0.4, -0.2) is 22.5 Å². The summed E-state index contributed by atoms with van der Waals surface area (Å²) in [5.74, 6) is -2.90. The van der Waals surface area contributed by atoms with Crippen molar-refractivity contribution >= 4 is 11.6 Å². The fraction of sp³-hybridized carbons (Fsp3) is 0.238. The van der Waals surface area contributed by atoms with E-state index in [9.17, 15) is 24.1 Å². The first kappa shape index (κ1) is 17.3. The van der Waals surface area contributed by atoms with Crippen LogP contribution in [0.3, 0.4) is 0 Å². The van der Waals surface area contributed by atoms with Crippen molar-refractivity contribution in [2.24, 2.45) is 11.3 Å². The molecule has 0 N–H and O–H groups in total. The molecular formula is C21H16FNO4. The van der Waals surface area contributed by atoms with E-state index in [0.29, 0.717) is 16.7 Å². The van der Waals surface area contributed by atoms with Gasteiger partial charge in [-0.15, -0.1) is 6.58 Å². The molecule has 0 bridgehead atoms. The number of ketones is 2. The fourth-order valence-electron chi connectivity index (χ4n) is 4.74. The van der Waals surface area contributed by atoms with E-state index in [1.807, 2.05) is 0 Å². The molecule has 2 aromatic carbocycles. The second kappa shape index (κ2) is 5.94. The molecule has 0 amide bonds. The van der Waals surface area contributed by atoms with Gasteiger partial charge in [0.1, 0.15) is 11.2 Å². The van der Waals surface area contributed by atoms with E-state index in [1.54, 1.807) is 24.3 Å². The molecule has 2 aromatic rings. The molecule has 0 aliphatic heterocycles. The standard InChI is InChI=1S/C21H16FNO4/c1-2-12-11-21(19(24)15-5-3-4-6-16(15)20(21)25)17(18(12)23(26)27)13-7-9-14(22)10-8-13/h2-10,12,17-18H,1,11H2/t12-,17+,18-/m1/s1. The maximum atomic E-state index is 13.4. The van der Waals surface area contributed by atoms with Gasteiger partial charge < -0.3 is 0 Å². The van der Waals surface area contributed by atoms with Crippen LogP contribution in [0.1, 0.15) is 38.6 Å². The predicted octanol–water partition coefficient (Wildman–Crippen LogP) is 3.83. The summed E-state index contributed by atoms with van der Waals surface area (Å²) in [4.78, 5) is 38.2. The Labute approximate surface area is 154 Å². The summed E-state index contributed by atoms with van der Waals surface area (Å²) < 4.78 is 13.4. The average Bonchev–Trinajstić information content (AvgIpc) is 3.13. The highest BCUT2D eigenvalue weighted by atomic mass is 19.1. The molecule has 2 aliphatic carbocycles. The number of carbonyl (C=O) groups excluding carboxylic acids is 2. The van der Waals surface area contributed by atoms with Crippen LogP contribution < -0.4 is 0 Å². The van der Waals surface area contributed by atoms with E-state index >= 15 is 0 Å². The van der Waals surface area contributed by atoms with Crippen molar-refractivity contribution < 1.29 is 18.9 Å². The molecule has 0 saturated heterocycles. The normalized spacial score (nSPS) is 25.6. The quantitative estimate of drug-likeness (QED) is 0.358. The van der Waals surface area contributed by atoms with Gasteiger partial charge in [0.2, 0.25) is 6.04 Å². The molecule has 27 heavy (non-hydrogen) atoms. The Morgan fingerprint density at radius 1 is 1.07 bits per heavy atom. The van der Waals surface area contributed by atoms with Gasteiger partial charge in [0.25, 0.3) is 0 Å². The van der Waals surface area contributed by atoms with Crippen molar-refractivity contribution in [2.45, 2.75) is 18.4 Å². The predicted molar refractivity (Wildman–Crippen MR) is 95.8 cm³/mol. The Balaban J connectivity index is 1.97. The Morgan fingerprint density at radius 3 is 2.11 bits per heavy atom. The Bertz CT molecular complexity index is 947. The van der Waals surface area contributed by atoms with Crippen LogP contribution in [0.2, 0.25) is 0 Å². The molecular weight excluding hydrogens is 349 g/mol. The van der Waals surface area contributed by atoms with Crippen molar-refractivity contribution in [3.63, 3.8) is 0 Å².